The number of aromatic amines is 1. The maximum atomic E-state index is 5.56. The summed E-state index contributed by atoms with van der Waals surface area (Å²) in [6.07, 6.45) is 0. The molecular formula is C12H12N8O2. The van der Waals surface area contributed by atoms with Gasteiger partial charge in [0.05, 0.1) is 19.9 Å². The summed E-state index contributed by atoms with van der Waals surface area (Å²) in [5.74, 6) is 0.378. The fourth-order valence-corrected chi connectivity index (χ4v) is 1.80. The highest BCUT2D eigenvalue weighted by Gasteiger charge is 2.15. The number of nitrogens with one attached hydrogen (secondary N) is 1. The van der Waals surface area contributed by atoms with Gasteiger partial charge in [0, 0.05) is 0 Å². The van der Waals surface area contributed by atoms with Gasteiger partial charge in [0.2, 0.25) is 11.6 Å². The Kier molecular flexibility index (Phi) is 3.48. The Hall–Kier alpha value is -3.30. The van der Waals surface area contributed by atoms with Crippen LogP contribution in [-0.4, -0.2) is 39.6 Å². The second-order valence-electron chi connectivity index (χ2n) is 4.15. The smallest absolute Gasteiger partial charge is 0.250 e. The standard InChI is InChI=1S/C12H12N8O2/c1-21-10-9(11(22-2)15-12(13)14-10)19-16-6-3-4-7-8(5-6)18-20-17-7/h3-5H,1-2H3,(H2,13,14,15)(H,17,18,20). The minimum atomic E-state index is 0.0247. The number of methoxy groups -OCH3 is 2. The molecule has 0 radical (unpaired) electrons. The lowest BCUT2D eigenvalue weighted by molar-refractivity contribution is 0.375. The van der Waals surface area contributed by atoms with Gasteiger partial charge in [-0.1, -0.05) is 0 Å². The number of fused-ring (bicyclic) bond motifs is 1. The van der Waals surface area contributed by atoms with Crippen LogP contribution >= 0.6 is 0 Å². The Labute approximate surface area is 124 Å². The maximum Gasteiger partial charge on any atom is 0.250 e. The topological polar surface area (TPSA) is 137 Å². The van der Waals surface area contributed by atoms with Gasteiger partial charge in [-0.2, -0.15) is 30.5 Å². The van der Waals surface area contributed by atoms with Crippen LogP contribution in [0.15, 0.2) is 28.4 Å². The summed E-state index contributed by atoms with van der Waals surface area (Å²) in [6.45, 7) is 0. The van der Waals surface area contributed by atoms with E-state index in [9.17, 15) is 0 Å². The first-order chi connectivity index (χ1) is 10.7. The van der Waals surface area contributed by atoms with Crippen molar-refractivity contribution in [3.63, 3.8) is 0 Å². The first-order valence-corrected chi connectivity index (χ1v) is 6.19. The van der Waals surface area contributed by atoms with Gasteiger partial charge >= 0.3 is 0 Å². The van der Waals surface area contributed by atoms with E-state index >= 15 is 0 Å². The van der Waals surface area contributed by atoms with E-state index in [-0.39, 0.29) is 23.4 Å². The number of nitrogens with two attached hydrogens (primary N) is 1. The van der Waals surface area contributed by atoms with Crippen LogP contribution in [0.1, 0.15) is 0 Å². The predicted octanol–water partition coefficient (Wildman–Crippen LogP) is 1.76. The van der Waals surface area contributed by atoms with Gasteiger partial charge in [0.1, 0.15) is 11.0 Å². The van der Waals surface area contributed by atoms with Crippen molar-refractivity contribution >= 4 is 28.4 Å². The summed E-state index contributed by atoms with van der Waals surface area (Å²) in [4.78, 5) is 7.88. The van der Waals surface area contributed by atoms with Gasteiger partial charge in [-0.25, -0.2) is 0 Å². The zero-order valence-electron chi connectivity index (χ0n) is 11.8. The lowest BCUT2D eigenvalue weighted by Gasteiger charge is -2.07. The van der Waals surface area contributed by atoms with Crippen LogP contribution in [0.3, 0.4) is 0 Å². The molecule has 10 nitrogen and oxygen atoms in total. The number of nitrogens with zero attached hydrogens (tertiary/aromatic N) is 6. The Morgan fingerprint density at radius 2 is 1.68 bits per heavy atom. The number of hydrogen-bond acceptors (Lipinski definition) is 9. The van der Waals surface area contributed by atoms with Crippen LogP contribution < -0.4 is 15.2 Å². The van der Waals surface area contributed by atoms with Crippen LogP contribution in [0, 0.1) is 0 Å². The molecule has 0 aliphatic rings. The highest BCUT2D eigenvalue weighted by Crippen LogP contribution is 2.35. The molecule has 0 saturated carbocycles. The Balaban J connectivity index is 2.00. The lowest BCUT2D eigenvalue weighted by atomic mass is 10.3. The second kappa shape index (κ2) is 5.60. The minimum absolute atomic E-state index is 0.0247. The quantitative estimate of drug-likeness (QED) is 0.700. The molecule has 2 heterocycles. The number of anilines is 1. The summed E-state index contributed by atoms with van der Waals surface area (Å²) < 4.78 is 10.2. The summed E-state index contributed by atoms with van der Waals surface area (Å²) in [6, 6.07) is 5.27. The van der Waals surface area contributed by atoms with Crippen LogP contribution in [0.4, 0.5) is 17.3 Å². The molecule has 10 heteroatoms. The molecule has 112 valence electrons. The van der Waals surface area contributed by atoms with Gasteiger partial charge in [-0.05, 0) is 18.2 Å². The molecule has 0 unspecified atom stereocenters. The van der Waals surface area contributed by atoms with E-state index < -0.39 is 0 Å². The van der Waals surface area contributed by atoms with Crippen LogP contribution in [0.2, 0.25) is 0 Å². The molecule has 22 heavy (non-hydrogen) atoms. The number of azo groups is 1. The van der Waals surface area contributed by atoms with Crippen LogP contribution in [0.25, 0.3) is 11.0 Å². The minimum Gasteiger partial charge on any atom is -0.479 e. The molecule has 0 amide bonds. The molecule has 3 N–H and O–H groups in total. The van der Waals surface area contributed by atoms with Crippen LogP contribution in [-0.2, 0) is 0 Å². The number of hydrogen-bond donors (Lipinski definition) is 2. The molecule has 3 aromatic rings. The average molecular weight is 300 g/mol. The number of H-pyrrole nitrogens is 1. The fourth-order valence-electron chi connectivity index (χ4n) is 1.80. The first kappa shape index (κ1) is 13.7. The highest BCUT2D eigenvalue weighted by atomic mass is 16.5. The molecule has 0 saturated heterocycles. The molecule has 0 spiro atoms. The van der Waals surface area contributed by atoms with E-state index in [2.05, 4.69) is 35.6 Å². The summed E-state index contributed by atoms with van der Waals surface area (Å²) in [5.41, 5.74) is 7.82. The maximum absolute atomic E-state index is 5.56. The zero-order chi connectivity index (χ0) is 15.5. The van der Waals surface area contributed by atoms with Crippen molar-refractivity contribution in [1.82, 2.24) is 25.4 Å². The number of aromatic nitrogens is 5. The highest BCUT2D eigenvalue weighted by molar-refractivity contribution is 5.77. The van der Waals surface area contributed by atoms with Crippen molar-refractivity contribution in [2.75, 3.05) is 20.0 Å². The van der Waals surface area contributed by atoms with E-state index in [4.69, 9.17) is 15.2 Å². The third-order valence-electron chi connectivity index (χ3n) is 2.79. The predicted molar refractivity (Wildman–Crippen MR) is 77.6 cm³/mol. The van der Waals surface area contributed by atoms with Crippen molar-refractivity contribution in [3.8, 4) is 11.8 Å². The van der Waals surface area contributed by atoms with Gasteiger partial charge in [0.15, 0.2) is 0 Å². The van der Waals surface area contributed by atoms with Crippen molar-refractivity contribution in [3.05, 3.63) is 18.2 Å². The number of benzene rings is 1. The Morgan fingerprint density at radius 3 is 2.36 bits per heavy atom. The summed E-state index contributed by atoms with van der Waals surface area (Å²) >= 11 is 0. The summed E-state index contributed by atoms with van der Waals surface area (Å²) in [7, 11) is 2.89. The van der Waals surface area contributed by atoms with Crippen molar-refractivity contribution in [1.29, 1.82) is 0 Å². The van der Waals surface area contributed by atoms with Crippen molar-refractivity contribution < 1.29 is 9.47 Å². The van der Waals surface area contributed by atoms with Crippen molar-refractivity contribution in [2.24, 2.45) is 10.2 Å². The molecule has 2 aromatic heterocycles. The number of nitrogen functional groups attached to an aromatic ring is 1. The monoisotopic (exact) mass is 300 g/mol. The molecule has 1 aromatic carbocycles. The third-order valence-corrected chi connectivity index (χ3v) is 2.79. The lowest BCUT2D eigenvalue weighted by Crippen LogP contribution is -2.00. The normalized spacial score (nSPS) is 11.2. The zero-order valence-corrected chi connectivity index (χ0v) is 11.8. The fraction of sp³-hybridized carbons (Fsp3) is 0.167. The Morgan fingerprint density at radius 1 is 1.00 bits per heavy atom. The molecule has 0 aliphatic carbocycles. The van der Waals surface area contributed by atoms with E-state index in [1.54, 1.807) is 18.2 Å². The van der Waals surface area contributed by atoms with Crippen LogP contribution in [0.5, 0.6) is 11.8 Å². The average Bonchev–Trinajstić information content (AvgIpc) is 3.00. The SMILES string of the molecule is COc1nc(N)nc(OC)c1N=Nc1ccc2n[nH]nc2c1. The Bertz CT molecular complexity index is 819. The van der Waals surface area contributed by atoms with E-state index in [0.29, 0.717) is 11.2 Å². The molecule has 0 aliphatic heterocycles. The van der Waals surface area contributed by atoms with Gasteiger partial charge in [0.25, 0.3) is 11.8 Å². The second-order valence-corrected chi connectivity index (χ2v) is 4.15. The van der Waals surface area contributed by atoms with Gasteiger partial charge < -0.3 is 15.2 Å². The third kappa shape index (κ3) is 2.49. The molecule has 0 bridgehead atoms. The van der Waals surface area contributed by atoms with Crippen molar-refractivity contribution in [2.45, 2.75) is 0 Å². The first-order valence-electron chi connectivity index (χ1n) is 6.19. The number of rotatable bonds is 4. The largest absolute Gasteiger partial charge is 0.479 e. The van der Waals surface area contributed by atoms with E-state index in [0.717, 1.165) is 5.52 Å². The molecular weight excluding hydrogens is 288 g/mol. The van der Waals surface area contributed by atoms with Gasteiger partial charge in [-0.15, -0.1) is 5.11 Å². The van der Waals surface area contributed by atoms with E-state index in [1.165, 1.54) is 14.2 Å². The van der Waals surface area contributed by atoms with Gasteiger partial charge in [-0.3, -0.25) is 0 Å². The summed E-state index contributed by atoms with van der Waals surface area (Å²) in [5, 5.41) is 18.7. The molecule has 0 fully saturated rings. The molecule has 0 atom stereocenters. The number of ether oxygens (including phenoxy) is 2. The van der Waals surface area contributed by atoms with E-state index in [1.807, 2.05) is 0 Å². The molecule has 3 rings (SSSR count).